The number of nitrogens with one attached hydrogen (secondary N) is 1. The maximum atomic E-state index is 13.3. The predicted molar refractivity (Wildman–Crippen MR) is 81.2 cm³/mol. The van der Waals surface area contributed by atoms with Crippen LogP contribution in [0.5, 0.6) is 0 Å². The van der Waals surface area contributed by atoms with Gasteiger partial charge in [-0.05, 0) is 55.0 Å². The van der Waals surface area contributed by atoms with E-state index in [1.807, 2.05) is 0 Å². The van der Waals surface area contributed by atoms with Crippen molar-refractivity contribution in [2.75, 3.05) is 6.54 Å². The van der Waals surface area contributed by atoms with E-state index in [1.54, 1.807) is 12.1 Å². The summed E-state index contributed by atoms with van der Waals surface area (Å²) in [7, 11) is 0. The minimum absolute atomic E-state index is 0.209. The first-order valence-corrected chi connectivity index (χ1v) is 7.43. The fourth-order valence-corrected chi connectivity index (χ4v) is 2.51. The molecule has 0 aromatic heterocycles. The molecule has 1 unspecified atom stereocenters. The molecule has 1 aromatic rings. The third kappa shape index (κ3) is 6.40. The van der Waals surface area contributed by atoms with Crippen molar-refractivity contribution in [3.63, 3.8) is 0 Å². The Morgan fingerprint density at radius 2 is 1.89 bits per heavy atom. The Labute approximate surface area is 121 Å². The average molecular weight is 286 g/mol. The molecule has 0 saturated carbocycles. The van der Waals surface area contributed by atoms with E-state index in [4.69, 9.17) is 11.6 Å². The van der Waals surface area contributed by atoms with Gasteiger partial charge in [0, 0.05) is 11.1 Å². The number of halogens is 2. The van der Waals surface area contributed by atoms with Crippen LogP contribution in [0.4, 0.5) is 4.39 Å². The molecule has 0 aliphatic carbocycles. The number of hydrogen-bond acceptors (Lipinski definition) is 1. The lowest BCUT2D eigenvalue weighted by Gasteiger charge is -2.21. The second kappa shape index (κ2) is 7.86. The smallest absolute Gasteiger partial charge is 0.123 e. The Kier molecular flexibility index (Phi) is 6.81. The maximum absolute atomic E-state index is 13.3. The summed E-state index contributed by atoms with van der Waals surface area (Å²) in [5.41, 5.74) is 0.915. The number of hydrogen-bond donors (Lipinski definition) is 1. The molecule has 0 aliphatic heterocycles. The van der Waals surface area contributed by atoms with Gasteiger partial charge in [0.15, 0.2) is 0 Å². The van der Waals surface area contributed by atoms with Crippen molar-refractivity contribution in [2.24, 2.45) is 11.8 Å². The van der Waals surface area contributed by atoms with E-state index in [1.165, 1.54) is 6.07 Å². The highest BCUT2D eigenvalue weighted by molar-refractivity contribution is 6.31. The highest BCUT2D eigenvalue weighted by atomic mass is 35.5. The van der Waals surface area contributed by atoms with Crippen molar-refractivity contribution in [3.05, 3.63) is 34.6 Å². The van der Waals surface area contributed by atoms with Crippen LogP contribution in [0.15, 0.2) is 18.2 Å². The summed E-state index contributed by atoms with van der Waals surface area (Å²) in [6.07, 6.45) is 1.95. The van der Waals surface area contributed by atoms with Gasteiger partial charge in [-0.3, -0.25) is 0 Å². The standard InChI is InChI=1S/C16H25ClFN/c1-11(2)7-13(10-19-12(3)4)8-14-9-15(18)5-6-16(14)17/h5-6,9,11-13,19H,7-8,10H2,1-4H3. The van der Waals surface area contributed by atoms with Crippen molar-refractivity contribution in [3.8, 4) is 0 Å². The molecule has 0 spiro atoms. The van der Waals surface area contributed by atoms with Crippen molar-refractivity contribution in [1.29, 1.82) is 0 Å². The molecule has 1 atom stereocenters. The van der Waals surface area contributed by atoms with Crippen LogP contribution in [0.1, 0.15) is 39.7 Å². The summed E-state index contributed by atoms with van der Waals surface area (Å²) < 4.78 is 13.3. The van der Waals surface area contributed by atoms with Crippen molar-refractivity contribution >= 4 is 11.6 Å². The van der Waals surface area contributed by atoms with Crippen molar-refractivity contribution in [1.82, 2.24) is 5.32 Å². The van der Waals surface area contributed by atoms with Crippen molar-refractivity contribution in [2.45, 2.75) is 46.6 Å². The van der Waals surface area contributed by atoms with Crippen LogP contribution in [0, 0.1) is 17.7 Å². The average Bonchev–Trinajstić information content (AvgIpc) is 2.30. The molecule has 0 bridgehead atoms. The van der Waals surface area contributed by atoms with Crippen LogP contribution in [0.3, 0.4) is 0 Å². The Balaban J connectivity index is 2.72. The van der Waals surface area contributed by atoms with Crippen LogP contribution >= 0.6 is 11.6 Å². The fraction of sp³-hybridized carbons (Fsp3) is 0.625. The molecular formula is C16H25ClFN. The van der Waals surface area contributed by atoms with E-state index in [0.717, 1.165) is 24.9 Å². The van der Waals surface area contributed by atoms with Gasteiger partial charge in [0.05, 0.1) is 0 Å². The zero-order valence-electron chi connectivity index (χ0n) is 12.3. The topological polar surface area (TPSA) is 12.0 Å². The Morgan fingerprint density at radius 1 is 1.21 bits per heavy atom. The molecular weight excluding hydrogens is 261 g/mol. The van der Waals surface area contributed by atoms with Crippen LogP contribution in [0.25, 0.3) is 0 Å². The summed E-state index contributed by atoms with van der Waals surface area (Å²) in [4.78, 5) is 0. The van der Waals surface area contributed by atoms with Crippen LogP contribution in [-0.4, -0.2) is 12.6 Å². The highest BCUT2D eigenvalue weighted by Crippen LogP contribution is 2.23. The SMILES string of the molecule is CC(C)CC(CNC(C)C)Cc1cc(F)ccc1Cl. The molecule has 19 heavy (non-hydrogen) atoms. The zero-order valence-corrected chi connectivity index (χ0v) is 13.1. The first kappa shape index (κ1) is 16.5. The Bertz CT molecular complexity index is 390. The predicted octanol–water partition coefficient (Wildman–Crippen LogP) is 4.68. The zero-order chi connectivity index (χ0) is 14.4. The van der Waals surface area contributed by atoms with E-state index in [2.05, 4.69) is 33.0 Å². The van der Waals surface area contributed by atoms with Crippen LogP contribution < -0.4 is 5.32 Å². The molecule has 108 valence electrons. The molecule has 0 amide bonds. The van der Waals surface area contributed by atoms with Gasteiger partial charge in [-0.1, -0.05) is 39.3 Å². The van der Waals surface area contributed by atoms with Crippen LogP contribution in [0.2, 0.25) is 5.02 Å². The largest absolute Gasteiger partial charge is 0.314 e. The van der Waals surface area contributed by atoms with Gasteiger partial charge in [0.25, 0.3) is 0 Å². The lowest BCUT2D eigenvalue weighted by atomic mass is 9.90. The van der Waals surface area contributed by atoms with Gasteiger partial charge in [-0.25, -0.2) is 4.39 Å². The van der Waals surface area contributed by atoms with Crippen molar-refractivity contribution < 1.29 is 4.39 Å². The minimum Gasteiger partial charge on any atom is -0.314 e. The summed E-state index contributed by atoms with van der Waals surface area (Å²) in [5, 5.41) is 4.13. The summed E-state index contributed by atoms with van der Waals surface area (Å²) >= 11 is 6.15. The van der Waals surface area contributed by atoms with E-state index in [-0.39, 0.29) is 5.82 Å². The van der Waals surface area contributed by atoms with Gasteiger partial charge in [-0.15, -0.1) is 0 Å². The summed E-state index contributed by atoms with van der Waals surface area (Å²) in [6, 6.07) is 5.09. The lowest BCUT2D eigenvalue weighted by Crippen LogP contribution is -2.30. The van der Waals surface area contributed by atoms with Gasteiger partial charge in [0.2, 0.25) is 0 Å². The quantitative estimate of drug-likeness (QED) is 0.767. The Morgan fingerprint density at radius 3 is 2.47 bits per heavy atom. The molecule has 1 rings (SSSR count). The van der Waals surface area contributed by atoms with Crippen LogP contribution in [-0.2, 0) is 6.42 Å². The molecule has 3 heteroatoms. The van der Waals surface area contributed by atoms with Gasteiger partial charge >= 0.3 is 0 Å². The summed E-state index contributed by atoms with van der Waals surface area (Å²) in [5.74, 6) is 0.910. The second-order valence-corrected chi connectivity index (χ2v) is 6.41. The molecule has 0 saturated heterocycles. The normalized spacial score (nSPS) is 13.3. The third-order valence-electron chi connectivity index (χ3n) is 3.14. The third-order valence-corrected chi connectivity index (χ3v) is 3.50. The maximum Gasteiger partial charge on any atom is 0.123 e. The molecule has 1 N–H and O–H groups in total. The Hall–Kier alpha value is -0.600. The lowest BCUT2D eigenvalue weighted by molar-refractivity contribution is 0.372. The molecule has 0 aliphatic rings. The summed E-state index contributed by atoms with van der Waals surface area (Å²) in [6.45, 7) is 9.66. The van der Waals surface area contributed by atoms with E-state index >= 15 is 0 Å². The fourth-order valence-electron chi connectivity index (χ4n) is 2.32. The highest BCUT2D eigenvalue weighted by Gasteiger charge is 2.14. The van der Waals surface area contributed by atoms with E-state index < -0.39 is 0 Å². The minimum atomic E-state index is -0.209. The molecule has 0 heterocycles. The molecule has 0 radical (unpaired) electrons. The van der Waals surface area contributed by atoms with Gasteiger partial charge in [-0.2, -0.15) is 0 Å². The number of benzene rings is 1. The van der Waals surface area contributed by atoms with E-state index in [0.29, 0.717) is 22.9 Å². The molecule has 0 fully saturated rings. The second-order valence-electron chi connectivity index (χ2n) is 6.00. The van der Waals surface area contributed by atoms with Gasteiger partial charge in [0.1, 0.15) is 5.82 Å². The first-order chi connectivity index (χ1) is 8.88. The number of rotatable bonds is 7. The monoisotopic (exact) mass is 285 g/mol. The van der Waals surface area contributed by atoms with E-state index in [9.17, 15) is 4.39 Å². The van der Waals surface area contributed by atoms with Gasteiger partial charge < -0.3 is 5.32 Å². The molecule has 1 nitrogen and oxygen atoms in total. The first-order valence-electron chi connectivity index (χ1n) is 7.05. The molecule has 1 aromatic carbocycles.